The van der Waals surface area contributed by atoms with E-state index < -0.39 is 24.9 Å². The third-order valence-electron chi connectivity index (χ3n) is 1.49. The van der Waals surface area contributed by atoms with Gasteiger partial charge in [0.2, 0.25) is 0 Å². The maximum atomic E-state index is 12.7. The van der Waals surface area contributed by atoms with Crippen LogP contribution in [-0.4, -0.2) is 5.11 Å². The molecule has 0 aliphatic carbocycles. The van der Waals surface area contributed by atoms with E-state index in [0.717, 1.165) is 12.1 Å². The zero-order valence-electron chi connectivity index (χ0n) is 6.15. The van der Waals surface area contributed by atoms with Crippen LogP contribution >= 0.6 is 0 Å². The number of alkyl halides is 1. The summed E-state index contributed by atoms with van der Waals surface area (Å²) in [6.45, 7) is -1.50. The highest BCUT2D eigenvalue weighted by Crippen LogP contribution is 2.15. The summed E-state index contributed by atoms with van der Waals surface area (Å²) < 4.78 is 37.2. The van der Waals surface area contributed by atoms with E-state index in [2.05, 4.69) is 0 Å². The van der Waals surface area contributed by atoms with Gasteiger partial charge in [0.15, 0.2) is 11.6 Å². The van der Waals surface area contributed by atoms with Crippen LogP contribution in [0.4, 0.5) is 13.2 Å². The highest BCUT2D eigenvalue weighted by molar-refractivity contribution is 5.25. The van der Waals surface area contributed by atoms with Crippen molar-refractivity contribution in [1.82, 2.24) is 0 Å². The van der Waals surface area contributed by atoms with Crippen molar-refractivity contribution in [3.05, 3.63) is 34.9 Å². The molecule has 1 rings (SSSR count). The molecule has 1 N–H and O–H groups in total. The Bertz CT molecular complexity index is 286. The van der Waals surface area contributed by atoms with E-state index in [-0.39, 0.29) is 11.1 Å². The van der Waals surface area contributed by atoms with E-state index in [1.807, 2.05) is 0 Å². The van der Waals surface area contributed by atoms with Gasteiger partial charge >= 0.3 is 0 Å². The molecule has 1 aromatic carbocycles. The summed E-state index contributed by atoms with van der Waals surface area (Å²) >= 11 is 0. The lowest BCUT2D eigenvalue weighted by atomic mass is 10.1. The number of benzene rings is 1. The van der Waals surface area contributed by atoms with Gasteiger partial charge in [-0.1, -0.05) is 0 Å². The molecule has 1 aromatic rings. The molecule has 0 saturated heterocycles. The first-order chi connectivity index (χ1) is 5.69. The average molecular weight is 176 g/mol. The summed E-state index contributed by atoms with van der Waals surface area (Å²) in [4.78, 5) is 0. The van der Waals surface area contributed by atoms with Crippen molar-refractivity contribution in [3.8, 4) is 0 Å². The van der Waals surface area contributed by atoms with Crippen molar-refractivity contribution in [1.29, 1.82) is 0 Å². The number of rotatable bonds is 2. The summed E-state index contributed by atoms with van der Waals surface area (Å²) in [6.07, 6.45) is 0. The fourth-order valence-electron chi connectivity index (χ4n) is 0.901. The van der Waals surface area contributed by atoms with Gasteiger partial charge in [0.25, 0.3) is 0 Å². The molecule has 12 heavy (non-hydrogen) atoms. The molecule has 66 valence electrons. The van der Waals surface area contributed by atoms with E-state index in [0.29, 0.717) is 0 Å². The molecule has 0 saturated carbocycles. The van der Waals surface area contributed by atoms with Gasteiger partial charge in [-0.15, -0.1) is 0 Å². The smallest absolute Gasteiger partial charge is 0.164 e. The second-order valence-electron chi connectivity index (χ2n) is 2.34. The molecule has 1 nitrogen and oxygen atoms in total. The average Bonchev–Trinajstić information content (AvgIpc) is 2.09. The Labute approximate surface area is 67.5 Å². The Balaban J connectivity index is 3.19. The van der Waals surface area contributed by atoms with Gasteiger partial charge in [0, 0.05) is 5.56 Å². The normalized spacial score (nSPS) is 10.3. The minimum atomic E-state index is -1.13. The van der Waals surface area contributed by atoms with Gasteiger partial charge in [-0.2, -0.15) is 0 Å². The fraction of sp³-hybridized carbons (Fsp3) is 0.250. The zero-order valence-corrected chi connectivity index (χ0v) is 6.15. The van der Waals surface area contributed by atoms with Crippen molar-refractivity contribution in [2.45, 2.75) is 13.3 Å². The highest BCUT2D eigenvalue weighted by Gasteiger charge is 2.09. The summed E-state index contributed by atoms with van der Waals surface area (Å²) in [6, 6.07) is 1.87. The highest BCUT2D eigenvalue weighted by atomic mass is 19.2. The molecule has 0 aromatic heterocycles. The van der Waals surface area contributed by atoms with Crippen molar-refractivity contribution < 1.29 is 18.3 Å². The molecule has 0 bridgehead atoms. The van der Waals surface area contributed by atoms with Crippen LogP contribution in [-0.2, 0) is 13.3 Å². The topological polar surface area (TPSA) is 20.2 Å². The molecular formula is C8H7F3O. The van der Waals surface area contributed by atoms with Gasteiger partial charge in [0.1, 0.15) is 6.67 Å². The fourth-order valence-corrected chi connectivity index (χ4v) is 0.901. The summed E-state index contributed by atoms with van der Waals surface area (Å²) in [5.74, 6) is -2.25. The van der Waals surface area contributed by atoms with E-state index in [1.165, 1.54) is 0 Å². The standard InChI is InChI=1S/C8H7F3O/c9-3-5-1-6(4-12)8(11)7(10)2-5/h1-2,12H,3-4H2. The van der Waals surface area contributed by atoms with Gasteiger partial charge < -0.3 is 5.11 Å². The van der Waals surface area contributed by atoms with Crippen LogP contribution in [0, 0.1) is 11.6 Å². The summed E-state index contributed by atoms with van der Waals surface area (Å²) in [5, 5.41) is 8.53. The number of aliphatic hydroxyl groups is 1. The first-order valence-electron chi connectivity index (χ1n) is 3.32. The Morgan fingerprint density at radius 1 is 1.25 bits per heavy atom. The minimum Gasteiger partial charge on any atom is -0.392 e. The maximum Gasteiger partial charge on any atom is 0.164 e. The number of hydrogen-bond donors (Lipinski definition) is 1. The van der Waals surface area contributed by atoms with Crippen LogP contribution in [0.15, 0.2) is 12.1 Å². The van der Waals surface area contributed by atoms with Crippen LogP contribution in [0.1, 0.15) is 11.1 Å². The van der Waals surface area contributed by atoms with Crippen molar-refractivity contribution >= 4 is 0 Å². The van der Waals surface area contributed by atoms with Gasteiger partial charge in [-0.05, 0) is 17.7 Å². The monoisotopic (exact) mass is 176 g/mol. The van der Waals surface area contributed by atoms with Crippen LogP contribution in [0.2, 0.25) is 0 Å². The molecule has 0 spiro atoms. The van der Waals surface area contributed by atoms with Crippen LogP contribution < -0.4 is 0 Å². The molecule has 0 radical (unpaired) electrons. The summed E-state index contributed by atoms with van der Waals surface area (Å²) in [7, 11) is 0. The third-order valence-corrected chi connectivity index (χ3v) is 1.49. The quantitative estimate of drug-likeness (QED) is 0.729. The summed E-state index contributed by atoms with van der Waals surface area (Å²) in [5.41, 5.74) is -0.194. The lowest BCUT2D eigenvalue weighted by Crippen LogP contribution is -1.96. The van der Waals surface area contributed by atoms with Crippen LogP contribution in [0.5, 0.6) is 0 Å². The number of aliphatic hydroxyl groups excluding tert-OH is 1. The molecule has 0 unspecified atom stereocenters. The SMILES string of the molecule is OCc1cc(CF)cc(F)c1F. The zero-order chi connectivity index (χ0) is 9.14. The molecular weight excluding hydrogens is 169 g/mol. The first-order valence-corrected chi connectivity index (χ1v) is 3.32. The minimum absolute atomic E-state index is 0.0259. The van der Waals surface area contributed by atoms with E-state index >= 15 is 0 Å². The number of hydrogen-bond acceptors (Lipinski definition) is 1. The molecule has 0 heterocycles. The molecule has 0 aliphatic heterocycles. The predicted molar refractivity (Wildman–Crippen MR) is 37.1 cm³/mol. The Morgan fingerprint density at radius 3 is 2.42 bits per heavy atom. The van der Waals surface area contributed by atoms with Crippen molar-refractivity contribution in [3.63, 3.8) is 0 Å². The van der Waals surface area contributed by atoms with Crippen molar-refractivity contribution in [2.24, 2.45) is 0 Å². The van der Waals surface area contributed by atoms with E-state index in [4.69, 9.17) is 5.11 Å². The maximum absolute atomic E-state index is 12.7. The lowest BCUT2D eigenvalue weighted by molar-refractivity contribution is 0.273. The van der Waals surface area contributed by atoms with Crippen molar-refractivity contribution in [2.75, 3.05) is 0 Å². The third kappa shape index (κ3) is 1.58. The number of halogens is 3. The predicted octanol–water partition coefficient (Wildman–Crippen LogP) is 1.93. The Morgan fingerprint density at radius 2 is 1.92 bits per heavy atom. The van der Waals surface area contributed by atoms with Gasteiger partial charge in [-0.25, -0.2) is 13.2 Å². The molecule has 0 atom stereocenters. The van der Waals surface area contributed by atoms with Crippen LogP contribution in [0.3, 0.4) is 0 Å². The first kappa shape index (κ1) is 9.06. The van der Waals surface area contributed by atoms with Gasteiger partial charge in [-0.3, -0.25) is 0 Å². The molecule has 4 heteroatoms. The molecule has 0 amide bonds. The van der Waals surface area contributed by atoms with Gasteiger partial charge in [0.05, 0.1) is 6.61 Å². The molecule has 0 aliphatic rings. The second kappa shape index (κ2) is 3.58. The van der Waals surface area contributed by atoms with E-state index in [1.54, 1.807) is 0 Å². The largest absolute Gasteiger partial charge is 0.392 e. The lowest BCUT2D eigenvalue weighted by Gasteiger charge is -2.02. The Hall–Kier alpha value is -1.03. The Kier molecular flexibility index (Phi) is 2.70. The second-order valence-corrected chi connectivity index (χ2v) is 2.34. The van der Waals surface area contributed by atoms with Crippen LogP contribution in [0.25, 0.3) is 0 Å². The van der Waals surface area contributed by atoms with E-state index in [9.17, 15) is 13.2 Å². The molecule has 0 fully saturated rings.